The smallest absolute Gasteiger partial charge is 0.105 e. The highest BCUT2D eigenvalue weighted by Gasteiger charge is 2.41. The van der Waals surface area contributed by atoms with Gasteiger partial charge in [0.2, 0.25) is 0 Å². The van der Waals surface area contributed by atoms with E-state index in [0.29, 0.717) is 12.2 Å². The van der Waals surface area contributed by atoms with Crippen LogP contribution in [0, 0.1) is 0 Å². The van der Waals surface area contributed by atoms with Crippen LogP contribution in [0.2, 0.25) is 0 Å². The molecule has 2 atom stereocenters. The molecule has 0 bridgehead atoms. The van der Waals surface area contributed by atoms with E-state index in [9.17, 15) is 0 Å². The third kappa shape index (κ3) is 0.897. The molecule has 50 valence electrons. The Morgan fingerprint density at radius 1 is 1.44 bits per heavy atom. The molecule has 2 aliphatic rings. The maximum atomic E-state index is 5.37. The Hall–Kier alpha value is -0.300. The van der Waals surface area contributed by atoms with Gasteiger partial charge in [-0.3, -0.25) is 0 Å². The lowest BCUT2D eigenvalue weighted by atomic mass is 10.1. The summed E-state index contributed by atoms with van der Waals surface area (Å²) in [6.45, 7) is 3.97. The van der Waals surface area contributed by atoms with Gasteiger partial charge in [0, 0.05) is 0 Å². The van der Waals surface area contributed by atoms with Crippen molar-refractivity contribution in [2.45, 2.75) is 37.9 Å². The van der Waals surface area contributed by atoms with Gasteiger partial charge < -0.3 is 4.74 Å². The van der Waals surface area contributed by atoms with E-state index >= 15 is 0 Å². The Morgan fingerprint density at radius 3 is 3.22 bits per heavy atom. The van der Waals surface area contributed by atoms with Crippen molar-refractivity contribution in [3.63, 3.8) is 0 Å². The molecule has 1 saturated heterocycles. The zero-order valence-electron chi connectivity index (χ0n) is 5.60. The van der Waals surface area contributed by atoms with Gasteiger partial charge in [-0.2, -0.15) is 0 Å². The van der Waals surface area contributed by atoms with Crippen LogP contribution in [-0.4, -0.2) is 12.2 Å². The first kappa shape index (κ1) is 5.48. The fraction of sp³-hybridized carbons (Fsp3) is 0.750. The van der Waals surface area contributed by atoms with Gasteiger partial charge >= 0.3 is 0 Å². The van der Waals surface area contributed by atoms with E-state index in [-0.39, 0.29) is 0 Å². The van der Waals surface area contributed by atoms with Crippen molar-refractivity contribution in [3.8, 4) is 0 Å². The molecule has 0 aromatic rings. The highest BCUT2D eigenvalue weighted by molar-refractivity contribution is 5.14. The number of fused-ring (bicyclic) bond motifs is 1. The van der Waals surface area contributed by atoms with Gasteiger partial charge in [-0.25, -0.2) is 0 Å². The number of ether oxygens (including phenoxy) is 1. The number of epoxide rings is 1. The predicted octanol–water partition coefficient (Wildman–Crippen LogP) is 1.88. The van der Waals surface area contributed by atoms with E-state index in [4.69, 9.17) is 4.74 Å². The van der Waals surface area contributed by atoms with Crippen LogP contribution in [0.1, 0.15) is 25.7 Å². The molecule has 1 nitrogen and oxygen atoms in total. The molecule has 0 N–H and O–H groups in total. The summed E-state index contributed by atoms with van der Waals surface area (Å²) >= 11 is 0. The Labute approximate surface area is 55.7 Å². The molecule has 0 radical (unpaired) electrons. The fourth-order valence-corrected chi connectivity index (χ4v) is 1.56. The maximum Gasteiger partial charge on any atom is 0.105 e. The lowest BCUT2D eigenvalue weighted by Crippen LogP contribution is -1.91. The fourth-order valence-electron chi connectivity index (χ4n) is 1.56. The van der Waals surface area contributed by atoms with Gasteiger partial charge in [0.15, 0.2) is 0 Å². The van der Waals surface area contributed by atoms with Gasteiger partial charge in [0.25, 0.3) is 0 Å². The van der Waals surface area contributed by atoms with Crippen LogP contribution in [0.25, 0.3) is 0 Å². The molecule has 2 fully saturated rings. The summed E-state index contributed by atoms with van der Waals surface area (Å²) in [6, 6.07) is 0. The molecule has 2 rings (SSSR count). The van der Waals surface area contributed by atoms with E-state index in [0.717, 1.165) is 0 Å². The summed E-state index contributed by atoms with van der Waals surface area (Å²) in [5, 5.41) is 0. The number of hydrogen-bond donors (Lipinski definition) is 0. The summed E-state index contributed by atoms with van der Waals surface area (Å²) in [4.78, 5) is 0. The Balaban J connectivity index is 2.03. The van der Waals surface area contributed by atoms with Crippen LogP contribution >= 0.6 is 0 Å². The van der Waals surface area contributed by atoms with Crippen molar-refractivity contribution in [1.29, 1.82) is 0 Å². The van der Waals surface area contributed by atoms with Crippen molar-refractivity contribution >= 4 is 0 Å². The monoisotopic (exact) mass is 124 g/mol. The summed E-state index contributed by atoms with van der Waals surface area (Å²) in [6.07, 6.45) is 6.16. The van der Waals surface area contributed by atoms with Crippen molar-refractivity contribution in [2.24, 2.45) is 0 Å². The molecule has 0 spiro atoms. The molecule has 0 amide bonds. The summed E-state index contributed by atoms with van der Waals surface area (Å²) in [5.74, 6) is 0. The van der Waals surface area contributed by atoms with Crippen LogP contribution in [0.3, 0.4) is 0 Å². The molecule has 9 heavy (non-hydrogen) atoms. The molecule has 1 saturated carbocycles. The second kappa shape index (κ2) is 1.84. The average molecular weight is 124 g/mol. The van der Waals surface area contributed by atoms with Gasteiger partial charge in [0.1, 0.15) is 6.10 Å². The van der Waals surface area contributed by atoms with Gasteiger partial charge in [-0.05, 0) is 24.8 Å². The van der Waals surface area contributed by atoms with Crippen molar-refractivity contribution in [2.75, 3.05) is 0 Å². The average Bonchev–Trinajstić information content (AvgIpc) is 2.55. The Morgan fingerprint density at radius 2 is 2.33 bits per heavy atom. The second-order valence-electron chi connectivity index (χ2n) is 3.00. The first-order chi connectivity index (χ1) is 4.38. The predicted molar refractivity (Wildman–Crippen MR) is 36.3 cm³/mol. The van der Waals surface area contributed by atoms with Gasteiger partial charge in [-0.1, -0.05) is 13.0 Å². The quantitative estimate of drug-likeness (QED) is 0.355. The number of hydrogen-bond acceptors (Lipinski definition) is 1. The third-order valence-electron chi connectivity index (χ3n) is 2.22. The van der Waals surface area contributed by atoms with Gasteiger partial charge in [0.05, 0.1) is 6.10 Å². The SMILES string of the molecule is C=C1CCCCC2OC12. The van der Waals surface area contributed by atoms with Crippen LogP contribution in [0.4, 0.5) is 0 Å². The normalized spacial score (nSPS) is 41.6. The summed E-state index contributed by atoms with van der Waals surface area (Å²) in [7, 11) is 0. The van der Waals surface area contributed by atoms with Crippen LogP contribution < -0.4 is 0 Å². The summed E-state index contributed by atoms with van der Waals surface area (Å²) in [5.41, 5.74) is 1.33. The van der Waals surface area contributed by atoms with E-state index in [1.165, 1.54) is 31.3 Å². The minimum absolute atomic E-state index is 0.465. The number of rotatable bonds is 0. The lowest BCUT2D eigenvalue weighted by molar-refractivity contribution is 0.359. The lowest BCUT2D eigenvalue weighted by Gasteiger charge is -1.95. The first-order valence-electron chi connectivity index (χ1n) is 3.71. The largest absolute Gasteiger partial charge is 0.365 e. The van der Waals surface area contributed by atoms with E-state index in [2.05, 4.69) is 6.58 Å². The van der Waals surface area contributed by atoms with E-state index < -0.39 is 0 Å². The molecular formula is C8H12O. The van der Waals surface area contributed by atoms with E-state index in [1.807, 2.05) is 0 Å². The molecular weight excluding hydrogens is 112 g/mol. The topological polar surface area (TPSA) is 12.5 Å². The Kier molecular flexibility index (Phi) is 1.12. The summed E-state index contributed by atoms with van der Waals surface area (Å²) < 4.78 is 5.37. The highest BCUT2D eigenvalue weighted by Crippen LogP contribution is 2.37. The first-order valence-corrected chi connectivity index (χ1v) is 3.71. The Bertz CT molecular complexity index is 140. The standard InChI is InChI=1S/C8H12O/c1-6-4-2-3-5-7-8(6)9-7/h7-8H,1-5H2. The molecule has 1 heterocycles. The zero-order chi connectivity index (χ0) is 6.27. The molecule has 1 aliphatic heterocycles. The molecule has 1 aliphatic carbocycles. The zero-order valence-corrected chi connectivity index (χ0v) is 5.60. The maximum absolute atomic E-state index is 5.37. The van der Waals surface area contributed by atoms with Crippen molar-refractivity contribution in [1.82, 2.24) is 0 Å². The van der Waals surface area contributed by atoms with E-state index in [1.54, 1.807) is 0 Å². The van der Waals surface area contributed by atoms with Gasteiger partial charge in [-0.15, -0.1) is 0 Å². The molecule has 0 aromatic heterocycles. The third-order valence-corrected chi connectivity index (χ3v) is 2.22. The van der Waals surface area contributed by atoms with Crippen LogP contribution in [0.5, 0.6) is 0 Å². The second-order valence-corrected chi connectivity index (χ2v) is 3.00. The highest BCUT2D eigenvalue weighted by atomic mass is 16.6. The van der Waals surface area contributed by atoms with Crippen LogP contribution in [0.15, 0.2) is 12.2 Å². The minimum Gasteiger partial charge on any atom is -0.365 e. The minimum atomic E-state index is 0.465. The molecule has 1 heteroatoms. The molecule has 0 aromatic carbocycles. The van der Waals surface area contributed by atoms with Crippen LogP contribution in [-0.2, 0) is 4.74 Å². The van der Waals surface area contributed by atoms with Crippen molar-refractivity contribution in [3.05, 3.63) is 12.2 Å². The molecule has 2 unspecified atom stereocenters. The van der Waals surface area contributed by atoms with Crippen molar-refractivity contribution < 1.29 is 4.74 Å².